The van der Waals surface area contributed by atoms with Crippen LogP contribution in [0.25, 0.3) is 0 Å². The molecular formula is C27H33O4P. The molecule has 0 amide bonds. The second kappa shape index (κ2) is 11.5. The lowest BCUT2D eigenvalue weighted by molar-refractivity contribution is 0.0513. The Morgan fingerprint density at radius 1 is 0.656 bits per heavy atom. The Morgan fingerprint density at radius 2 is 1.12 bits per heavy atom. The Balaban J connectivity index is 2.23. The Labute approximate surface area is 193 Å². The highest BCUT2D eigenvalue weighted by atomic mass is 31.1. The summed E-state index contributed by atoms with van der Waals surface area (Å²) in [6, 6.07) is 19.4. The van der Waals surface area contributed by atoms with Gasteiger partial charge in [-0.15, -0.1) is 0 Å². The molecule has 0 bridgehead atoms. The van der Waals surface area contributed by atoms with E-state index in [4.69, 9.17) is 18.9 Å². The molecule has 0 saturated heterocycles. The standard InChI is InChI=1S/C27H33O4P/c1-19-12-21(3)26(30-17-28-5)24(14-19)32(16-23-10-8-7-9-11-23)25-15-20(2)13-22(4)27(25)31-18-29-6/h7-15H,16-18H2,1-6H3. The van der Waals surface area contributed by atoms with Gasteiger partial charge in [-0.05, 0) is 75.6 Å². The van der Waals surface area contributed by atoms with Crippen molar-refractivity contribution >= 4 is 18.5 Å². The number of hydrogen-bond donors (Lipinski definition) is 0. The van der Waals surface area contributed by atoms with Crippen molar-refractivity contribution in [2.45, 2.75) is 33.9 Å². The molecule has 0 heterocycles. The molecule has 0 N–H and O–H groups in total. The van der Waals surface area contributed by atoms with Gasteiger partial charge in [0.15, 0.2) is 13.6 Å². The predicted octanol–water partition coefficient (Wildman–Crippen LogP) is 5.52. The Bertz CT molecular complexity index is 970. The third kappa shape index (κ3) is 5.89. The molecule has 0 spiro atoms. The molecule has 0 aliphatic rings. The van der Waals surface area contributed by atoms with Crippen LogP contribution < -0.4 is 20.1 Å². The third-order valence-corrected chi connectivity index (χ3v) is 7.71. The average molecular weight is 453 g/mol. The maximum absolute atomic E-state index is 6.12. The Hall–Kier alpha value is -2.39. The second-order valence-corrected chi connectivity index (χ2v) is 10.2. The summed E-state index contributed by atoms with van der Waals surface area (Å²) in [5.74, 6) is 1.80. The molecule has 3 aromatic rings. The maximum atomic E-state index is 6.12. The summed E-state index contributed by atoms with van der Waals surface area (Å²) < 4.78 is 22.7. The van der Waals surface area contributed by atoms with Gasteiger partial charge in [0, 0.05) is 31.0 Å². The van der Waals surface area contributed by atoms with Crippen molar-refractivity contribution < 1.29 is 18.9 Å². The average Bonchev–Trinajstić information content (AvgIpc) is 2.76. The first-order valence-electron chi connectivity index (χ1n) is 10.7. The number of aryl methyl sites for hydroxylation is 4. The molecule has 3 aromatic carbocycles. The normalized spacial score (nSPS) is 11.1. The van der Waals surface area contributed by atoms with Crippen LogP contribution in [0.5, 0.6) is 11.5 Å². The minimum Gasteiger partial charge on any atom is -0.467 e. The molecule has 0 atom stereocenters. The third-order valence-electron chi connectivity index (χ3n) is 5.21. The molecule has 4 nitrogen and oxygen atoms in total. The van der Waals surface area contributed by atoms with Crippen molar-refractivity contribution in [1.82, 2.24) is 0 Å². The molecule has 0 aromatic heterocycles. The molecule has 5 heteroatoms. The first-order chi connectivity index (χ1) is 15.4. The van der Waals surface area contributed by atoms with Gasteiger partial charge in [-0.2, -0.15) is 0 Å². The number of rotatable bonds is 10. The van der Waals surface area contributed by atoms with Crippen LogP contribution in [-0.2, 0) is 15.6 Å². The number of hydrogen-bond acceptors (Lipinski definition) is 4. The lowest BCUT2D eigenvalue weighted by Crippen LogP contribution is -2.21. The fourth-order valence-electron chi connectivity index (χ4n) is 3.94. The molecule has 0 fully saturated rings. The summed E-state index contributed by atoms with van der Waals surface area (Å²) in [5.41, 5.74) is 5.94. The zero-order valence-electron chi connectivity index (χ0n) is 19.9. The monoisotopic (exact) mass is 452 g/mol. The quantitative estimate of drug-likeness (QED) is 0.300. The summed E-state index contributed by atoms with van der Waals surface area (Å²) in [7, 11) is 2.47. The maximum Gasteiger partial charge on any atom is 0.188 e. The van der Waals surface area contributed by atoms with Crippen LogP contribution in [0.2, 0.25) is 0 Å². The van der Waals surface area contributed by atoms with Gasteiger partial charge in [-0.3, -0.25) is 0 Å². The van der Waals surface area contributed by atoms with Crippen LogP contribution >= 0.6 is 7.92 Å². The van der Waals surface area contributed by atoms with Gasteiger partial charge in [0.2, 0.25) is 0 Å². The van der Waals surface area contributed by atoms with Gasteiger partial charge >= 0.3 is 0 Å². The van der Waals surface area contributed by atoms with Crippen LogP contribution in [0.1, 0.15) is 27.8 Å². The molecule has 32 heavy (non-hydrogen) atoms. The van der Waals surface area contributed by atoms with E-state index in [0.717, 1.165) is 28.8 Å². The Kier molecular flexibility index (Phi) is 8.69. The minimum absolute atomic E-state index is 0.214. The van der Waals surface area contributed by atoms with Gasteiger partial charge in [-0.25, -0.2) is 0 Å². The van der Waals surface area contributed by atoms with E-state index in [9.17, 15) is 0 Å². The minimum atomic E-state index is -0.828. The van der Waals surface area contributed by atoms with Crippen LogP contribution in [0, 0.1) is 27.7 Å². The summed E-state index contributed by atoms with van der Waals surface area (Å²) >= 11 is 0. The number of benzene rings is 3. The van der Waals surface area contributed by atoms with Gasteiger partial charge < -0.3 is 18.9 Å². The lowest BCUT2D eigenvalue weighted by atomic mass is 10.1. The van der Waals surface area contributed by atoms with Crippen molar-refractivity contribution in [3.8, 4) is 11.5 Å². The highest BCUT2D eigenvalue weighted by molar-refractivity contribution is 7.72. The smallest absolute Gasteiger partial charge is 0.188 e. The molecule has 0 aliphatic heterocycles. The number of ether oxygens (including phenoxy) is 4. The topological polar surface area (TPSA) is 36.9 Å². The molecule has 0 aliphatic carbocycles. The summed E-state index contributed by atoms with van der Waals surface area (Å²) in [5, 5.41) is 2.40. The molecular weight excluding hydrogens is 419 g/mol. The van der Waals surface area contributed by atoms with Crippen molar-refractivity contribution in [1.29, 1.82) is 0 Å². The summed E-state index contributed by atoms with van der Waals surface area (Å²) in [4.78, 5) is 0. The first-order valence-corrected chi connectivity index (χ1v) is 12.2. The van der Waals surface area contributed by atoms with Gasteiger partial charge in [0.05, 0.1) is 0 Å². The lowest BCUT2D eigenvalue weighted by Gasteiger charge is -2.26. The molecule has 0 saturated carbocycles. The van der Waals surface area contributed by atoms with Gasteiger partial charge in [-0.1, -0.05) is 42.5 Å². The predicted molar refractivity (Wildman–Crippen MR) is 133 cm³/mol. The van der Waals surface area contributed by atoms with Crippen molar-refractivity contribution in [3.63, 3.8) is 0 Å². The van der Waals surface area contributed by atoms with E-state index in [1.807, 2.05) is 0 Å². The first kappa shape index (κ1) is 24.3. The fourth-order valence-corrected chi connectivity index (χ4v) is 6.81. The second-order valence-electron chi connectivity index (χ2n) is 8.03. The van der Waals surface area contributed by atoms with Crippen molar-refractivity contribution in [3.05, 3.63) is 82.4 Å². The summed E-state index contributed by atoms with van der Waals surface area (Å²) in [6.07, 6.45) is 0.884. The highest BCUT2D eigenvalue weighted by Crippen LogP contribution is 2.45. The van der Waals surface area contributed by atoms with Crippen LogP contribution in [0.4, 0.5) is 0 Å². The van der Waals surface area contributed by atoms with E-state index in [0.29, 0.717) is 0 Å². The molecule has 0 radical (unpaired) electrons. The Morgan fingerprint density at radius 3 is 1.56 bits per heavy atom. The SMILES string of the molecule is COCOc1c(C)cc(C)cc1P(Cc1ccccc1)c1cc(C)cc(C)c1OCOC. The fraction of sp³-hybridized carbons (Fsp3) is 0.333. The molecule has 170 valence electrons. The van der Waals surface area contributed by atoms with Crippen molar-refractivity contribution in [2.24, 2.45) is 0 Å². The van der Waals surface area contributed by atoms with Crippen LogP contribution in [0.15, 0.2) is 54.6 Å². The van der Waals surface area contributed by atoms with Gasteiger partial charge in [0.1, 0.15) is 11.5 Å². The van der Waals surface area contributed by atoms with E-state index in [-0.39, 0.29) is 13.6 Å². The highest BCUT2D eigenvalue weighted by Gasteiger charge is 2.25. The van der Waals surface area contributed by atoms with E-state index < -0.39 is 7.92 Å². The van der Waals surface area contributed by atoms with E-state index in [1.165, 1.54) is 27.3 Å². The zero-order chi connectivity index (χ0) is 23.1. The molecule has 0 unspecified atom stereocenters. The van der Waals surface area contributed by atoms with Crippen molar-refractivity contribution in [2.75, 3.05) is 27.8 Å². The largest absolute Gasteiger partial charge is 0.467 e. The zero-order valence-corrected chi connectivity index (χ0v) is 20.8. The van der Waals surface area contributed by atoms with Gasteiger partial charge in [0.25, 0.3) is 0 Å². The molecule has 3 rings (SSSR count). The van der Waals surface area contributed by atoms with E-state index >= 15 is 0 Å². The van der Waals surface area contributed by atoms with E-state index in [1.54, 1.807) is 14.2 Å². The number of methoxy groups -OCH3 is 2. The van der Waals surface area contributed by atoms with E-state index in [2.05, 4.69) is 82.3 Å². The van der Waals surface area contributed by atoms with Crippen LogP contribution in [-0.4, -0.2) is 27.8 Å². The van der Waals surface area contributed by atoms with Crippen LogP contribution in [0.3, 0.4) is 0 Å². The summed E-state index contributed by atoms with van der Waals surface area (Å²) in [6.45, 7) is 8.90.